The van der Waals surface area contributed by atoms with E-state index in [0.29, 0.717) is 33.0 Å². The Hall–Kier alpha value is -3.62. The van der Waals surface area contributed by atoms with Crippen molar-refractivity contribution in [1.29, 1.82) is 0 Å². The van der Waals surface area contributed by atoms with E-state index in [4.69, 9.17) is 20.8 Å². The topological polar surface area (TPSA) is 92.9 Å². The number of methoxy groups -OCH3 is 1. The molecule has 34 heavy (non-hydrogen) atoms. The van der Waals surface area contributed by atoms with Crippen molar-refractivity contribution in [3.63, 3.8) is 0 Å². The summed E-state index contributed by atoms with van der Waals surface area (Å²) in [6, 6.07) is 14.3. The number of ether oxygens (including phenoxy) is 1. The van der Waals surface area contributed by atoms with Crippen LogP contribution in [0.1, 0.15) is 22.2 Å². The van der Waals surface area contributed by atoms with Gasteiger partial charge < -0.3 is 14.3 Å². The van der Waals surface area contributed by atoms with Crippen LogP contribution in [0, 0.1) is 0 Å². The predicted molar refractivity (Wildman–Crippen MR) is 130 cm³/mol. The lowest BCUT2D eigenvalue weighted by molar-refractivity contribution is -0.117. The molecule has 7 nitrogen and oxygen atoms in total. The molecule has 1 unspecified atom stereocenters. The second-order valence-corrected chi connectivity index (χ2v) is 8.92. The second kappa shape index (κ2) is 8.62. The third-order valence-electron chi connectivity index (χ3n) is 5.53. The van der Waals surface area contributed by atoms with Gasteiger partial charge in [0.2, 0.25) is 5.78 Å². The Kier molecular flexibility index (Phi) is 5.63. The number of carbonyl (C=O) groups excluding carboxylic acids is 2. The SMILES string of the molecule is COc1cc(Cl)cc2cc(C(=O)C3=C(O)C(=O)N(c4cccc(Br)c4)C3c3cccnc3)oc12. The molecule has 4 aromatic rings. The van der Waals surface area contributed by atoms with E-state index >= 15 is 0 Å². The van der Waals surface area contributed by atoms with Crippen LogP contribution in [0.4, 0.5) is 5.69 Å². The quantitative estimate of drug-likeness (QED) is 0.311. The number of aromatic nitrogens is 1. The number of ketones is 1. The van der Waals surface area contributed by atoms with Crippen molar-refractivity contribution in [2.24, 2.45) is 0 Å². The Balaban J connectivity index is 1.66. The highest BCUT2D eigenvalue weighted by atomic mass is 79.9. The normalized spacial score (nSPS) is 15.9. The lowest BCUT2D eigenvalue weighted by Crippen LogP contribution is -2.31. The number of hydrogen-bond acceptors (Lipinski definition) is 6. The van der Waals surface area contributed by atoms with E-state index in [1.165, 1.54) is 18.1 Å². The Morgan fingerprint density at radius 2 is 2.03 bits per heavy atom. The summed E-state index contributed by atoms with van der Waals surface area (Å²) in [5.74, 6) is -1.68. The first kappa shape index (κ1) is 22.2. The maximum absolute atomic E-state index is 13.7. The molecule has 2 aromatic heterocycles. The van der Waals surface area contributed by atoms with E-state index in [1.807, 2.05) is 6.07 Å². The average molecular weight is 540 g/mol. The molecule has 9 heteroatoms. The van der Waals surface area contributed by atoms with Crippen LogP contribution in [0.3, 0.4) is 0 Å². The molecule has 0 fully saturated rings. The standard InChI is InChI=1S/C25H16BrClN2O5/c1-33-19-11-16(27)8-14-9-18(34-24(14)19)22(30)20-21(13-4-3-7-28-12-13)29(25(32)23(20)31)17-6-2-5-15(26)10-17/h2-12,21,31H,1H3. The predicted octanol–water partition coefficient (Wildman–Crippen LogP) is 6.04. The zero-order valence-corrected chi connectivity index (χ0v) is 20.0. The number of amides is 1. The van der Waals surface area contributed by atoms with E-state index in [9.17, 15) is 14.7 Å². The molecule has 0 bridgehead atoms. The lowest BCUT2D eigenvalue weighted by atomic mass is 9.96. The smallest absolute Gasteiger partial charge is 0.294 e. The van der Waals surface area contributed by atoms with E-state index in [1.54, 1.807) is 54.9 Å². The van der Waals surface area contributed by atoms with Gasteiger partial charge >= 0.3 is 0 Å². The number of anilines is 1. The van der Waals surface area contributed by atoms with Crippen molar-refractivity contribution in [2.45, 2.75) is 6.04 Å². The average Bonchev–Trinajstić information content (AvgIpc) is 3.37. The van der Waals surface area contributed by atoms with Gasteiger partial charge in [0.25, 0.3) is 5.91 Å². The molecule has 170 valence electrons. The van der Waals surface area contributed by atoms with Crippen LogP contribution in [0.15, 0.2) is 87.2 Å². The first-order valence-corrected chi connectivity index (χ1v) is 11.3. The Morgan fingerprint density at radius 3 is 2.74 bits per heavy atom. The van der Waals surface area contributed by atoms with Crippen molar-refractivity contribution >= 4 is 55.9 Å². The minimum Gasteiger partial charge on any atom is -0.503 e. The number of nitrogens with zero attached hydrogens (tertiary/aromatic N) is 2. The molecular formula is C25H16BrClN2O5. The second-order valence-electron chi connectivity index (χ2n) is 7.57. The Labute approximate surface area is 207 Å². The summed E-state index contributed by atoms with van der Waals surface area (Å²) in [6.45, 7) is 0. The van der Waals surface area contributed by atoms with E-state index in [0.717, 1.165) is 4.47 Å². The van der Waals surface area contributed by atoms with E-state index in [2.05, 4.69) is 20.9 Å². The van der Waals surface area contributed by atoms with Crippen LogP contribution >= 0.6 is 27.5 Å². The molecule has 0 radical (unpaired) electrons. The molecule has 2 aromatic carbocycles. The van der Waals surface area contributed by atoms with Gasteiger partial charge in [-0.3, -0.25) is 19.5 Å². The van der Waals surface area contributed by atoms with E-state index < -0.39 is 23.5 Å². The number of carbonyl (C=O) groups is 2. The first-order chi connectivity index (χ1) is 16.4. The molecule has 1 amide bonds. The fourth-order valence-electron chi connectivity index (χ4n) is 4.06. The van der Waals surface area contributed by atoms with Crippen molar-refractivity contribution in [2.75, 3.05) is 12.0 Å². The maximum atomic E-state index is 13.7. The van der Waals surface area contributed by atoms with Crippen molar-refractivity contribution < 1.29 is 23.8 Å². The number of halogens is 2. The molecule has 1 aliphatic heterocycles. The molecule has 0 aliphatic carbocycles. The molecule has 0 spiro atoms. The number of fused-ring (bicyclic) bond motifs is 1. The summed E-state index contributed by atoms with van der Waals surface area (Å²) in [5, 5.41) is 11.9. The summed E-state index contributed by atoms with van der Waals surface area (Å²) in [5.41, 5.74) is 1.28. The van der Waals surface area contributed by atoms with Crippen LogP contribution in [0.2, 0.25) is 5.02 Å². The van der Waals surface area contributed by atoms with Gasteiger partial charge in [-0.2, -0.15) is 0 Å². The third-order valence-corrected chi connectivity index (χ3v) is 6.24. The number of furan rings is 1. The molecule has 0 saturated carbocycles. The maximum Gasteiger partial charge on any atom is 0.294 e. The molecule has 0 saturated heterocycles. The minimum atomic E-state index is -0.915. The zero-order valence-electron chi connectivity index (χ0n) is 17.7. The number of pyridine rings is 1. The highest BCUT2D eigenvalue weighted by molar-refractivity contribution is 9.10. The van der Waals surface area contributed by atoms with Crippen LogP contribution in [-0.4, -0.2) is 28.9 Å². The summed E-state index contributed by atoms with van der Waals surface area (Å²) >= 11 is 9.55. The summed E-state index contributed by atoms with van der Waals surface area (Å²) in [7, 11) is 1.47. The van der Waals surface area contributed by atoms with Crippen LogP contribution in [-0.2, 0) is 4.79 Å². The Bertz CT molecular complexity index is 1480. The van der Waals surface area contributed by atoms with Crippen LogP contribution < -0.4 is 9.64 Å². The number of aliphatic hydroxyl groups excluding tert-OH is 1. The van der Waals surface area contributed by atoms with Gasteiger partial charge in [0, 0.05) is 39.0 Å². The number of rotatable bonds is 5. The van der Waals surface area contributed by atoms with Crippen molar-refractivity contribution in [3.05, 3.63) is 99.1 Å². The van der Waals surface area contributed by atoms with Crippen LogP contribution in [0.25, 0.3) is 11.0 Å². The van der Waals surface area contributed by atoms with Crippen molar-refractivity contribution in [1.82, 2.24) is 4.98 Å². The molecule has 5 rings (SSSR count). The van der Waals surface area contributed by atoms with Gasteiger partial charge in [-0.05, 0) is 42.0 Å². The van der Waals surface area contributed by atoms with Gasteiger partial charge in [0.1, 0.15) is 0 Å². The van der Waals surface area contributed by atoms with Gasteiger partial charge in [0.05, 0.1) is 18.7 Å². The Morgan fingerprint density at radius 1 is 1.21 bits per heavy atom. The number of aliphatic hydroxyl groups is 1. The summed E-state index contributed by atoms with van der Waals surface area (Å²) in [4.78, 5) is 32.4. The molecule has 1 N–H and O–H groups in total. The monoisotopic (exact) mass is 538 g/mol. The summed E-state index contributed by atoms with van der Waals surface area (Å²) < 4.78 is 11.9. The molecule has 1 aliphatic rings. The molecule has 3 heterocycles. The van der Waals surface area contributed by atoms with Gasteiger partial charge in [0.15, 0.2) is 22.9 Å². The minimum absolute atomic E-state index is 0.0603. The van der Waals surface area contributed by atoms with Crippen LogP contribution in [0.5, 0.6) is 5.75 Å². The first-order valence-electron chi connectivity index (χ1n) is 10.1. The largest absolute Gasteiger partial charge is 0.503 e. The van der Waals surface area contributed by atoms with E-state index in [-0.39, 0.29) is 11.3 Å². The van der Waals surface area contributed by atoms with Gasteiger partial charge in [-0.1, -0.05) is 39.7 Å². The fourth-order valence-corrected chi connectivity index (χ4v) is 4.67. The summed E-state index contributed by atoms with van der Waals surface area (Å²) in [6.07, 6.45) is 3.14. The molecular weight excluding hydrogens is 524 g/mol. The fraction of sp³-hybridized carbons (Fsp3) is 0.0800. The van der Waals surface area contributed by atoms with Gasteiger partial charge in [-0.25, -0.2) is 0 Å². The zero-order chi connectivity index (χ0) is 24.0. The highest BCUT2D eigenvalue weighted by Gasteiger charge is 2.45. The molecule has 1 atom stereocenters. The van der Waals surface area contributed by atoms with Crippen molar-refractivity contribution in [3.8, 4) is 5.75 Å². The number of Topliss-reactive ketones (excluding diaryl/α,β-unsaturated/α-hetero) is 1. The third kappa shape index (κ3) is 3.65. The van der Waals surface area contributed by atoms with Gasteiger partial charge in [-0.15, -0.1) is 0 Å². The number of hydrogen-bond donors (Lipinski definition) is 1. The lowest BCUT2D eigenvalue weighted by Gasteiger charge is -2.26. The highest BCUT2D eigenvalue weighted by Crippen LogP contribution is 2.43. The number of benzene rings is 2.